The van der Waals surface area contributed by atoms with Gasteiger partial charge in [-0.2, -0.15) is 0 Å². The lowest BCUT2D eigenvalue weighted by molar-refractivity contribution is -0.143. The number of carboxylic acids is 1. The van der Waals surface area contributed by atoms with Crippen LogP contribution in [-0.4, -0.2) is 17.2 Å². The number of hydrogen-bond acceptors (Lipinski definition) is 1. The second-order valence-corrected chi connectivity index (χ2v) is 9.67. The number of carbonyl (C=O) groups is 1. The van der Waals surface area contributed by atoms with E-state index in [1.54, 1.807) is 0 Å². The molecule has 0 radical (unpaired) electrons. The molecule has 1 N–H and O–H groups in total. The number of aliphatic carboxylic acids is 1. The quantitative estimate of drug-likeness (QED) is 0.146. The first-order valence-electron chi connectivity index (χ1n) is 14.5. The number of alkyl halides is 1. The van der Waals surface area contributed by atoms with Crippen molar-refractivity contribution >= 4 is 5.97 Å². The fourth-order valence-corrected chi connectivity index (χ4v) is 4.03. The summed E-state index contributed by atoms with van der Waals surface area (Å²) in [5.74, 6) is -1.33. The third-order valence-electron chi connectivity index (χ3n) is 6.29. The predicted molar refractivity (Wildman–Crippen MR) is 140 cm³/mol. The molecule has 0 saturated carbocycles. The summed E-state index contributed by atoms with van der Waals surface area (Å²) in [7, 11) is 0. The molecule has 0 aliphatic rings. The molecule has 1 unspecified atom stereocenters. The summed E-state index contributed by atoms with van der Waals surface area (Å²) in [6.45, 7) is 6.73. The Morgan fingerprint density at radius 3 is 0.938 bits per heavy atom. The van der Waals surface area contributed by atoms with E-state index < -0.39 is 12.1 Å². The smallest absolute Gasteiger partial charge is 0.338 e. The van der Waals surface area contributed by atoms with Gasteiger partial charge in [0.1, 0.15) is 0 Å². The van der Waals surface area contributed by atoms with Crippen LogP contribution in [-0.2, 0) is 4.79 Å². The molecule has 0 aliphatic heterocycles. The van der Waals surface area contributed by atoms with Gasteiger partial charge < -0.3 is 5.11 Å². The Bertz CT molecular complexity index is 330. The van der Waals surface area contributed by atoms with Crippen LogP contribution in [0, 0.1) is 0 Å². The van der Waals surface area contributed by atoms with E-state index in [4.69, 9.17) is 5.11 Å². The maximum Gasteiger partial charge on any atom is 0.338 e. The topological polar surface area (TPSA) is 37.3 Å². The van der Waals surface area contributed by atoms with Gasteiger partial charge in [-0.05, 0) is 12.8 Å². The molecular formula is C29H59FO2. The standard InChI is InChI=1S/C19H40.C10H19FO2/c1-3-5-7-9-11-13-15-17-19-18-16-14-12-10-8-6-4-2;1-2-3-4-5-6-7-8-9(11)10(12)13/h3-19H2,1-2H3;9H,2-8H2,1H3,(H,12,13). The minimum atomic E-state index is -1.66. The molecule has 0 aromatic carbocycles. The molecule has 0 heterocycles. The van der Waals surface area contributed by atoms with E-state index >= 15 is 0 Å². The summed E-state index contributed by atoms with van der Waals surface area (Å²) in [5, 5.41) is 8.25. The van der Waals surface area contributed by atoms with Crippen molar-refractivity contribution in [2.24, 2.45) is 0 Å². The third-order valence-corrected chi connectivity index (χ3v) is 6.29. The Labute approximate surface area is 201 Å². The average molecular weight is 459 g/mol. The summed E-state index contributed by atoms with van der Waals surface area (Å²) in [6.07, 6.45) is 29.8. The molecule has 2 nitrogen and oxygen atoms in total. The van der Waals surface area contributed by atoms with E-state index in [1.807, 2.05) is 0 Å². The van der Waals surface area contributed by atoms with Gasteiger partial charge in [0.2, 0.25) is 0 Å². The fraction of sp³-hybridized carbons (Fsp3) is 0.966. The first kappa shape index (κ1) is 33.6. The van der Waals surface area contributed by atoms with Gasteiger partial charge in [-0.25, -0.2) is 9.18 Å². The summed E-state index contributed by atoms with van der Waals surface area (Å²) in [5.41, 5.74) is 0. The van der Waals surface area contributed by atoms with E-state index in [2.05, 4.69) is 20.8 Å². The molecule has 0 amide bonds. The molecule has 0 bridgehead atoms. The maximum atomic E-state index is 12.5. The Hall–Kier alpha value is -0.600. The summed E-state index contributed by atoms with van der Waals surface area (Å²) in [6, 6.07) is 0. The highest BCUT2D eigenvalue weighted by molar-refractivity contribution is 5.71. The van der Waals surface area contributed by atoms with Crippen molar-refractivity contribution in [3.05, 3.63) is 0 Å². The van der Waals surface area contributed by atoms with Gasteiger partial charge in [-0.3, -0.25) is 0 Å². The van der Waals surface area contributed by atoms with Gasteiger partial charge in [-0.1, -0.05) is 162 Å². The summed E-state index contributed by atoms with van der Waals surface area (Å²) >= 11 is 0. The molecule has 32 heavy (non-hydrogen) atoms. The van der Waals surface area contributed by atoms with E-state index in [1.165, 1.54) is 128 Å². The van der Waals surface area contributed by atoms with Crippen LogP contribution in [0.3, 0.4) is 0 Å². The average Bonchev–Trinajstić information content (AvgIpc) is 2.79. The van der Waals surface area contributed by atoms with E-state index in [0.717, 1.165) is 12.8 Å². The Morgan fingerprint density at radius 2 is 0.719 bits per heavy atom. The molecule has 0 fully saturated rings. The highest BCUT2D eigenvalue weighted by Crippen LogP contribution is 2.14. The molecular weight excluding hydrogens is 399 g/mol. The Balaban J connectivity index is 0. The minimum absolute atomic E-state index is 0.168. The largest absolute Gasteiger partial charge is 0.479 e. The second-order valence-electron chi connectivity index (χ2n) is 9.67. The van der Waals surface area contributed by atoms with E-state index in [-0.39, 0.29) is 6.42 Å². The van der Waals surface area contributed by atoms with E-state index in [0.29, 0.717) is 6.42 Å². The van der Waals surface area contributed by atoms with Crippen molar-refractivity contribution in [2.45, 2.75) is 181 Å². The van der Waals surface area contributed by atoms with Gasteiger partial charge in [0.15, 0.2) is 6.17 Å². The number of carboxylic acid groups (broad SMARTS) is 1. The summed E-state index contributed by atoms with van der Waals surface area (Å²) in [4.78, 5) is 10.1. The van der Waals surface area contributed by atoms with Crippen LogP contribution in [0.2, 0.25) is 0 Å². The minimum Gasteiger partial charge on any atom is -0.479 e. The van der Waals surface area contributed by atoms with Crippen LogP contribution in [0.15, 0.2) is 0 Å². The van der Waals surface area contributed by atoms with Crippen LogP contribution in [0.1, 0.15) is 175 Å². The molecule has 0 saturated heterocycles. The zero-order valence-corrected chi connectivity index (χ0v) is 22.3. The molecule has 0 spiro atoms. The van der Waals surface area contributed by atoms with Crippen LogP contribution < -0.4 is 0 Å². The van der Waals surface area contributed by atoms with Crippen LogP contribution in [0.5, 0.6) is 0 Å². The van der Waals surface area contributed by atoms with Crippen molar-refractivity contribution in [3.63, 3.8) is 0 Å². The summed E-state index contributed by atoms with van der Waals surface area (Å²) < 4.78 is 12.5. The highest BCUT2D eigenvalue weighted by atomic mass is 19.1. The maximum absolute atomic E-state index is 12.5. The molecule has 0 aromatic heterocycles. The first-order chi connectivity index (χ1) is 15.6. The molecule has 3 heteroatoms. The number of unbranched alkanes of at least 4 members (excludes halogenated alkanes) is 21. The van der Waals surface area contributed by atoms with Gasteiger partial charge >= 0.3 is 5.97 Å². The Kier molecular flexibility index (Phi) is 31.9. The van der Waals surface area contributed by atoms with Crippen molar-refractivity contribution in [1.29, 1.82) is 0 Å². The molecule has 1 atom stereocenters. The molecule has 0 rings (SSSR count). The SMILES string of the molecule is CCCCCCCCC(F)C(=O)O.CCCCCCCCCCCCCCCCCCC. The van der Waals surface area contributed by atoms with Crippen LogP contribution >= 0.6 is 0 Å². The lowest BCUT2D eigenvalue weighted by Gasteiger charge is -2.03. The first-order valence-corrected chi connectivity index (χ1v) is 14.5. The van der Waals surface area contributed by atoms with Crippen molar-refractivity contribution in [3.8, 4) is 0 Å². The van der Waals surface area contributed by atoms with Crippen LogP contribution in [0.25, 0.3) is 0 Å². The molecule has 194 valence electrons. The van der Waals surface area contributed by atoms with E-state index in [9.17, 15) is 9.18 Å². The van der Waals surface area contributed by atoms with Gasteiger partial charge in [0.05, 0.1) is 0 Å². The predicted octanol–water partition coefficient (Wildman–Crippen LogP) is 10.8. The fourth-order valence-electron chi connectivity index (χ4n) is 4.03. The van der Waals surface area contributed by atoms with Gasteiger partial charge in [0.25, 0.3) is 0 Å². The van der Waals surface area contributed by atoms with Gasteiger partial charge in [-0.15, -0.1) is 0 Å². The zero-order chi connectivity index (χ0) is 24.1. The Morgan fingerprint density at radius 1 is 0.500 bits per heavy atom. The normalized spacial score (nSPS) is 11.8. The number of rotatable bonds is 24. The van der Waals surface area contributed by atoms with Crippen LogP contribution in [0.4, 0.5) is 4.39 Å². The van der Waals surface area contributed by atoms with Crippen molar-refractivity contribution in [2.75, 3.05) is 0 Å². The number of halogens is 1. The van der Waals surface area contributed by atoms with Crippen molar-refractivity contribution < 1.29 is 14.3 Å². The highest BCUT2D eigenvalue weighted by Gasteiger charge is 2.13. The third kappa shape index (κ3) is 31.6. The molecule has 0 aromatic rings. The molecule has 0 aliphatic carbocycles. The van der Waals surface area contributed by atoms with Gasteiger partial charge in [0, 0.05) is 0 Å². The second kappa shape index (κ2) is 30.4. The number of hydrogen-bond donors (Lipinski definition) is 1. The van der Waals surface area contributed by atoms with Crippen molar-refractivity contribution in [1.82, 2.24) is 0 Å². The monoisotopic (exact) mass is 458 g/mol. The lowest BCUT2D eigenvalue weighted by Crippen LogP contribution is -2.13. The zero-order valence-electron chi connectivity index (χ0n) is 22.3. The lowest BCUT2D eigenvalue weighted by atomic mass is 10.0.